The molecule has 11 nitrogen and oxygen atoms in total. The Labute approximate surface area is 280 Å². The second kappa shape index (κ2) is 12.6. The average molecular weight is 673 g/mol. The van der Waals surface area contributed by atoms with Gasteiger partial charge in [0.25, 0.3) is 0 Å². The number of amides is 1. The number of aryl methyl sites for hydroxylation is 1. The van der Waals surface area contributed by atoms with E-state index in [0.717, 1.165) is 51.3 Å². The molecule has 1 amide bonds. The molecule has 13 heteroatoms. The number of nitrogens with zero attached hydrogens (tertiary/aromatic N) is 6. The number of thiazole rings is 1. The number of hydrogen-bond acceptors (Lipinski definition) is 11. The van der Waals surface area contributed by atoms with Crippen LogP contribution in [-0.4, -0.2) is 74.4 Å². The molecule has 7 rings (SSSR count). The Hall–Kier alpha value is -4.46. The van der Waals surface area contributed by atoms with Gasteiger partial charge in [-0.3, -0.25) is 4.90 Å². The minimum absolute atomic E-state index is 0.236. The SMILES string of the molecule is COc1cc(OCc2csc(-c3ccc(CN4CCN(C(=O)OC(C)(C)C)CC4)cc3)n2)c2cc(-c3cn4nc(C)sc4n3)oc2c1. The highest BCUT2D eigenvalue weighted by Gasteiger charge is 2.26. The molecule has 2 aromatic carbocycles. The van der Waals surface area contributed by atoms with Crippen molar-refractivity contribution in [2.24, 2.45) is 0 Å². The molecule has 0 spiro atoms. The lowest BCUT2D eigenvalue weighted by Crippen LogP contribution is -2.49. The molecule has 1 aliphatic rings. The van der Waals surface area contributed by atoms with Gasteiger partial charge in [0.05, 0.1) is 24.4 Å². The molecule has 0 atom stereocenters. The van der Waals surface area contributed by atoms with Gasteiger partial charge in [0.2, 0.25) is 4.96 Å². The second-order valence-electron chi connectivity index (χ2n) is 12.5. The Bertz CT molecular complexity index is 2000. The normalized spacial score (nSPS) is 14.3. The zero-order valence-electron chi connectivity index (χ0n) is 27.0. The van der Waals surface area contributed by atoms with Crippen LogP contribution in [0.25, 0.3) is 38.0 Å². The summed E-state index contributed by atoms with van der Waals surface area (Å²) < 4.78 is 25.3. The van der Waals surface area contributed by atoms with E-state index in [9.17, 15) is 4.79 Å². The summed E-state index contributed by atoms with van der Waals surface area (Å²) in [6.07, 6.45) is 1.63. The van der Waals surface area contributed by atoms with Crippen molar-refractivity contribution in [3.05, 3.63) is 70.3 Å². The van der Waals surface area contributed by atoms with Crippen LogP contribution in [0, 0.1) is 6.92 Å². The first-order valence-electron chi connectivity index (χ1n) is 15.4. The molecular formula is C34H36N6O5S2. The van der Waals surface area contributed by atoms with Crippen LogP contribution in [-0.2, 0) is 17.9 Å². The largest absolute Gasteiger partial charge is 0.496 e. The topological polar surface area (TPSA) is 107 Å². The third kappa shape index (κ3) is 6.97. The van der Waals surface area contributed by atoms with Crippen LogP contribution in [0.3, 0.4) is 0 Å². The zero-order chi connectivity index (χ0) is 32.7. The monoisotopic (exact) mass is 672 g/mol. The van der Waals surface area contributed by atoms with Crippen molar-refractivity contribution in [2.75, 3.05) is 33.3 Å². The summed E-state index contributed by atoms with van der Waals surface area (Å²) in [5, 5.41) is 9.20. The van der Waals surface area contributed by atoms with Crippen molar-refractivity contribution >= 4 is 44.7 Å². The Morgan fingerprint density at radius 3 is 2.55 bits per heavy atom. The molecule has 1 aliphatic heterocycles. The molecule has 0 saturated carbocycles. The Kier molecular flexibility index (Phi) is 8.37. The molecule has 0 unspecified atom stereocenters. The van der Waals surface area contributed by atoms with Crippen LogP contribution in [0.15, 0.2) is 58.5 Å². The highest BCUT2D eigenvalue weighted by Crippen LogP contribution is 2.37. The fourth-order valence-corrected chi connectivity index (χ4v) is 6.98. The standard InChI is InChI=1S/C34H36N6O5S2/c1-21-37-40-18-27(36-32(40)47-21)30-16-26-28(14-25(42-5)15-29(26)44-30)43-19-24-20-46-31(35-24)23-8-6-22(7-9-23)17-38-10-12-39(13-11-38)33(41)45-34(2,3)4/h6-9,14-16,18,20H,10-13,17,19H2,1-5H3. The number of benzene rings is 2. The van der Waals surface area contributed by atoms with Crippen LogP contribution in [0.2, 0.25) is 0 Å². The molecule has 47 heavy (non-hydrogen) atoms. The summed E-state index contributed by atoms with van der Waals surface area (Å²) in [7, 11) is 1.62. The first-order chi connectivity index (χ1) is 22.6. The van der Waals surface area contributed by atoms with Gasteiger partial charge in [0.15, 0.2) is 5.76 Å². The van der Waals surface area contributed by atoms with Crippen molar-refractivity contribution in [3.8, 4) is 33.5 Å². The molecule has 0 N–H and O–H groups in total. The van der Waals surface area contributed by atoms with Crippen LogP contribution < -0.4 is 9.47 Å². The first kappa shape index (κ1) is 31.2. The molecule has 1 fully saturated rings. The van der Waals surface area contributed by atoms with Crippen LogP contribution in [0.5, 0.6) is 11.5 Å². The number of fused-ring (bicyclic) bond motifs is 2. The minimum atomic E-state index is -0.480. The van der Waals surface area contributed by atoms with E-state index < -0.39 is 5.60 Å². The lowest BCUT2D eigenvalue weighted by Gasteiger charge is -2.35. The zero-order valence-corrected chi connectivity index (χ0v) is 28.6. The van der Waals surface area contributed by atoms with Crippen molar-refractivity contribution in [3.63, 3.8) is 0 Å². The van der Waals surface area contributed by atoms with E-state index in [0.29, 0.717) is 48.2 Å². The lowest BCUT2D eigenvalue weighted by atomic mass is 10.1. The second-order valence-corrected chi connectivity index (χ2v) is 14.5. The van der Waals surface area contributed by atoms with Gasteiger partial charge in [-0.05, 0) is 39.3 Å². The van der Waals surface area contributed by atoms with Gasteiger partial charge in [-0.15, -0.1) is 11.3 Å². The minimum Gasteiger partial charge on any atom is -0.496 e. The van der Waals surface area contributed by atoms with Gasteiger partial charge < -0.3 is 23.5 Å². The summed E-state index contributed by atoms with van der Waals surface area (Å²) in [6, 6.07) is 14.2. The van der Waals surface area contributed by atoms with E-state index in [4.69, 9.17) is 23.6 Å². The molecule has 4 aromatic heterocycles. The maximum Gasteiger partial charge on any atom is 0.410 e. The molecule has 0 bridgehead atoms. The van der Waals surface area contributed by atoms with Gasteiger partial charge in [-0.2, -0.15) is 5.10 Å². The number of methoxy groups -OCH3 is 1. The summed E-state index contributed by atoms with van der Waals surface area (Å²) >= 11 is 3.12. The van der Waals surface area contributed by atoms with Gasteiger partial charge >= 0.3 is 6.09 Å². The summed E-state index contributed by atoms with van der Waals surface area (Å²) in [5.74, 6) is 1.92. The first-order valence-corrected chi connectivity index (χ1v) is 17.1. The van der Waals surface area contributed by atoms with Crippen molar-refractivity contribution in [1.82, 2.24) is 29.4 Å². The Morgan fingerprint density at radius 2 is 1.83 bits per heavy atom. The fourth-order valence-electron chi connectivity index (χ4n) is 5.45. The summed E-state index contributed by atoms with van der Waals surface area (Å²) in [4.78, 5) is 26.9. The highest BCUT2D eigenvalue weighted by atomic mass is 32.1. The Morgan fingerprint density at radius 1 is 1.04 bits per heavy atom. The highest BCUT2D eigenvalue weighted by molar-refractivity contribution is 7.16. The van der Waals surface area contributed by atoms with Crippen molar-refractivity contribution in [2.45, 2.75) is 46.4 Å². The predicted molar refractivity (Wildman–Crippen MR) is 182 cm³/mol. The van der Waals surface area contributed by atoms with Crippen LogP contribution in [0.1, 0.15) is 37.0 Å². The molecule has 6 aromatic rings. The van der Waals surface area contributed by atoms with E-state index in [1.54, 1.807) is 27.9 Å². The van der Waals surface area contributed by atoms with Crippen molar-refractivity contribution < 1.29 is 23.4 Å². The summed E-state index contributed by atoms with van der Waals surface area (Å²) in [6.45, 7) is 11.7. The van der Waals surface area contributed by atoms with Gasteiger partial charge in [0, 0.05) is 55.8 Å². The number of aromatic nitrogens is 4. The maximum atomic E-state index is 12.4. The smallest absolute Gasteiger partial charge is 0.410 e. The molecule has 0 aliphatic carbocycles. The van der Waals surface area contributed by atoms with E-state index >= 15 is 0 Å². The molecule has 5 heterocycles. The average Bonchev–Trinajstić information content (AvgIpc) is 3.83. The molecule has 0 radical (unpaired) electrons. The number of ether oxygens (including phenoxy) is 3. The van der Waals surface area contributed by atoms with Gasteiger partial charge in [-0.1, -0.05) is 35.6 Å². The number of carbonyl (C=O) groups excluding carboxylic acids is 1. The van der Waals surface area contributed by atoms with E-state index in [1.807, 2.05) is 57.5 Å². The number of carbonyl (C=O) groups is 1. The van der Waals surface area contributed by atoms with E-state index in [-0.39, 0.29) is 6.09 Å². The molecular weight excluding hydrogens is 637 g/mol. The van der Waals surface area contributed by atoms with E-state index in [1.165, 1.54) is 16.9 Å². The van der Waals surface area contributed by atoms with Gasteiger partial charge in [0.1, 0.15) is 45.0 Å². The number of piperazine rings is 1. The van der Waals surface area contributed by atoms with Crippen LogP contribution >= 0.6 is 22.7 Å². The maximum absolute atomic E-state index is 12.4. The fraction of sp³-hybridized carbons (Fsp3) is 0.353. The predicted octanol–water partition coefficient (Wildman–Crippen LogP) is 7.28. The quantitative estimate of drug-likeness (QED) is 0.165. The lowest BCUT2D eigenvalue weighted by molar-refractivity contribution is 0.0139. The van der Waals surface area contributed by atoms with Crippen LogP contribution in [0.4, 0.5) is 4.79 Å². The van der Waals surface area contributed by atoms with Crippen molar-refractivity contribution in [1.29, 1.82) is 0 Å². The van der Waals surface area contributed by atoms with Gasteiger partial charge in [-0.25, -0.2) is 19.3 Å². The Balaban J connectivity index is 0.980. The number of rotatable bonds is 8. The number of imidazole rings is 1. The third-order valence-corrected chi connectivity index (χ3v) is 9.54. The number of hydrogen-bond donors (Lipinski definition) is 0. The summed E-state index contributed by atoms with van der Waals surface area (Å²) in [5.41, 5.74) is 4.01. The third-order valence-electron chi connectivity index (χ3n) is 7.76. The molecule has 244 valence electrons. The molecule has 1 saturated heterocycles. The number of furan rings is 1. The van der Waals surface area contributed by atoms with E-state index in [2.05, 4.69) is 39.2 Å².